The van der Waals surface area contributed by atoms with Gasteiger partial charge in [-0.05, 0) is 51.9 Å². The molecule has 1 fully saturated rings. The number of carbonyl (C=O) groups excluding carboxylic acids is 1. The van der Waals surface area contributed by atoms with Gasteiger partial charge < -0.3 is 10.2 Å². The molecular weight excluding hydrogens is 355 g/mol. The fourth-order valence-corrected chi connectivity index (χ4v) is 3.26. The zero-order valence-electron chi connectivity index (χ0n) is 16.5. The summed E-state index contributed by atoms with van der Waals surface area (Å²) < 4.78 is 39.9. The number of urea groups is 1. The van der Waals surface area contributed by atoms with Crippen LogP contribution in [0.15, 0.2) is 30.8 Å². The molecule has 0 radical (unpaired) electrons. The highest BCUT2D eigenvalue weighted by atomic mass is 19.4. The molecule has 2 atom stereocenters. The minimum atomic E-state index is -4.38. The first-order valence-corrected chi connectivity index (χ1v) is 8.95. The Balaban J connectivity index is 2.17. The van der Waals surface area contributed by atoms with Crippen molar-refractivity contribution in [3.8, 4) is 0 Å². The van der Waals surface area contributed by atoms with E-state index in [0.717, 1.165) is 16.7 Å². The van der Waals surface area contributed by atoms with Crippen LogP contribution in [0.3, 0.4) is 0 Å². The van der Waals surface area contributed by atoms with Gasteiger partial charge in [0.25, 0.3) is 0 Å². The summed E-state index contributed by atoms with van der Waals surface area (Å²) in [5.74, 6) is 0. The van der Waals surface area contributed by atoms with Crippen molar-refractivity contribution < 1.29 is 18.0 Å². The minimum absolute atomic E-state index is 0.247. The van der Waals surface area contributed by atoms with E-state index in [2.05, 4.69) is 11.9 Å². The zero-order chi connectivity index (χ0) is 20.6. The Hall–Kier alpha value is -2.02. The lowest BCUT2D eigenvalue weighted by Gasteiger charge is -2.45. The predicted octanol–water partition coefficient (Wildman–Crippen LogP) is 4.23. The van der Waals surface area contributed by atoms with Crippen molar-refractivity contribution in [3.05, 3.63) is 42.0 Å². The van der Waals surface area contributed by atoms with Crippen molar-refractivity contribution in [2.24, 2.45) is 0 Å². The molecule has 27 heavy (non-hydrogen) atoms. The molecule has 0 aromatic heterocycles. The number of hydrogen-bond acceptors (Lipinski definition) is 2. The van der Waals surface area contributed by atoms with Gasteiger partial charge >= 0.3 is 12.2 Å². The van der Waals surface area contributed by atoms with Gasteiger partial charge in [0.05, 0.1) is 5.54 Å². The van der Waals surface area contributed by atoms with E-state index in [1.54, 1.807) is 6.92 Å². The van der Waals surface area contributed by atoms with Crippen LogP contribution in [0, 0.1) is 0 Å². The van der Waals surface area contributed by atoms with Gasteiger partial charge in [0, 0.05) is 19.1 Å². The Morgan fingerprint density at radius 2 is 1.89 bits per heavy atom. The second-order valence-electron chi connectivity index (χ2n) is 7.89. The average Bonchev–Trinajstić information content (AvgIpc) is 2.55. The lowest BCUT2D eigenvalue weighted by atomic mass is 9.91. The number of amides is 2. The third-order valence-electron chi connectivity index (χ3n) is 5.23. The molecule has 2 unspecified atom stereocenters. The molecule has 150 valence electrons. The van der Waals surface area contributed by atoms with Crippen molar-refractivity contribution in [1.29, 1.82) is 0 Å². The first-order valence-electron chi connectivity index (χ1n) is 8.95. The van der Waals surface area contributed by atoms with Gasteiger partial charge in [-0.3, -0.25) is 4.90 Å². The van der Waals surface area contributed by atoms with E-state index in [0.29, 0.717) is 0 Å². The highest BCUT2D eigenvalue weighted by Gasteiger charge is 2.48. The molecule has 4 nitrogen and oxygen atoms in total. The van der Waals surface area contributed by atoms with E-state index in [1.807, 2.05) is 45.0 Å². The third-order valence-corrected chi connectivity index (χ3v) is 5.23. The molecule has 1 aromatic rings. The summed E-state index contributed by atoms with van der Waals surface area (Å²) in [5, 5.41) is 2.89. The fraction of sp³-hybridized carbons (Fsp3) is 0.550. The van der Waals surface area contributed by atoms with Gasteiger partial charge in [0.2, 0.25) is 0 Å². The summed E-state index contributed by atoms with van der Waals surface area (Å²) in [7, 11) is 1.45. The lowest BCUT2D eigenvalue weighted by Crippen LogP contribution is -2.64. The van der Waals surface area contributed by atoms with Crippen LogP contribution in [0.25, 0.3) is 5.57 Å². The number of halogens is 3. The number of piperazine rings is 1. The molecule has 2 rings (SSSR count). The minimum Gasteiger partial charge on any atom is -0.329 e. The normalized spacial score (nSPS) is 21.9. The molecule has 7 heteroatoms. The Labute approximate surface area is 159 Å². The number of alkyl halides is 3. The van der Waals surface area contributed by atoms with E-state index < -0.39 is 23.8 Å². The monoisotopic (exact) mass is 383 g/mol. The molecule has 0 saturated carbocycles. The Kier molecular flexibility index (Phi) is 5.94. The summed E-state index contributed by atoms with van der Waals surface area (Å²) in [6.07, 6.45) is -4.38. The van der Waals surface area contributed by atoms with Crippen LogP contribution in [0.1, 0.15) is 38.8 Å². The highest BCUT2D eigenvalue weighted by molar-refractivity contribution is 5.75. The number of nitrogens with zero attached hydrogens (tertiary/aromatic N) is 2. The van der Waals surface area contributed by atoms with Gasteiger partial charge in [0.15, 0.2) is 0 Å². The van der Waals surface area contributed by atoms with Gasteiger partial charge in [-0.2, -0.15) is 13.2 Å². The second kappa shape index (κ2) is 7.54. The average molecular weight is 383 g/mol. The largest absolute Gasteiger partial charge is 0.405 e. The van der Waals surface area contributed by atoms with Crippen molar-refractivity contribution in [2.45, 2.75) is 51.5 Å². The topological polar surface area (TPSA) is 35.6 Å². The summed E-state index contributed by atoms with van der Waals surface area (Å²) in [6.45, 7) is 11.1. The zero-order valence-corrected chi connectivity index (χ0v) is 16.5. The van der Waals surface area contributed by atoms with E-state index in [4.69, 9.17) is 0 Å². The maximum Gasteiger partial charge on any atom is 0.405 e. The first kappa shape index (κ1) is 21.3. The number of benzene rings is 1. The summed E-state index contributed by atoms with van der Waals surface area (Å²) in [4.78, 5) is 15.3. The van der Waals surface area contributed by atoms with Crippen molar-refractivity contribution in [3.63, 3.8) is 0 Å². The highest BCUT2D eigenvalue weighted by Crippen LogP contribution is 2.30. The first-order chi connectivity index (χ1) is 12.3. The smallest absolute Gasteiger partial charge is 0.329 e. The maximum absolute atomic E-state index is 13.3. The van der Waals surface area contributed by atoms with E-state index >= 15 is 0 Å². The molecule has 0 spiro atoms. The number of nitrogens with one attached hydrogen (secondary N) is 1. The van der Waals surface area contributed by atoms with Crippen LogP contribution in [-0.2, 0) is 5.54 Å². The Bertz CT molecular complexity index is 715. The van der Waals surface area contributed by atoms with E-state index in [9.17, 15) is 18.0 Å². The van der Waals surface area contributed by atoms with E-state index in [1.165, 1.54) is 16.8 Å². The van der Waals surface area contributed by atoms with Gasteiger partial charge in [-0.25, -0.2) is 4.79 Å². The van der Waals surface area contributed by atoms with E-state index in [-0.39, 0.29) is 19.1 Å². The molecule has 0 aliphatic carbocycles. The van der Waals surface area contributed by atoms with Crippen molar-refractivity contribution in [2.75, 3.05) is 20.1 Å². The summed E-state index contributed by atoms with van der Waals surface area (Å²) in [6, 6.07) is 5.10. The van der Waals surface area contributed by atoms with Crippen LogP contribution in [0.2, 0.25) is 0 Å². The molecule has 2 amide bonds. The molecule has 1 aliphatic rings. The molecule has 1 N–H and O–H groups in total. The molecule has 1 saturated heterocycles. The summed E-state index contributed by atoms with van der Waals surface area (Å²) in [5.41, 5.74) is 1.99. The maximum atomic E-state index is 13.3. The molecule has 1 aromatic carbocycles. The molecular formula is C20H28F3N3O. The van der Waals surface area contributed by atoms with Gasteiger partial charge in [0.1, 0.15) is 6.04 Å². The third kappa shape index (κ3) is 4.83. The van der Waals surface area contributed by atoms with Crippen LogP contribution >= 0.6 is 0 Å². The second-order valence-corrected chi connectivity index (χ2v) is 7.89. The quantitative estimate of drug-likeness (QED) is 0.848. The number of carbonyl (C=O) groups is 1. The van der Waals surface area contributed by atoms with Gasteiger partial charge in [-0.15, -0.1) is 0 Å². The molecule has 1 heterocycles. The number of hydrogen-bond donors (Lipinski definition) is 1. The number of likely N-dealkylation sites (N-methyl/N-ethyl adjacent to an activating group) is 1. The Morgan fingerprint density at radius 1 is 1.26 bits per heavy atom. The fourth-order valence-electron chi connectivity index (χ4n) is 3.26. The Morgan fingerprint density at radius 3 is 2.44 bits per heavy atom. The predicted molar refractivity (Wildman–Crippen MR) is 101 cm³/mol. The number of allylic oxidation sites excluding steroid dienone is 1. The van der Waals surface area contributed by atoms with Crippen molar-refractivity contribution in [1.82, 2.24) is 15.1 Å². The van der Waals surface area contributed by atoms with Crippen LogP contribution < -0.4 is 5.32 Å². The standard InChI is InChI=1S/C20H28F3N3O/c1-13(2)15-8-7-9-16(10-15)19(4,5)24-18(27)26-11-14(3)25(6)17(12-26)20(21,22)23/h7-10,14,17H,1,11-12H2,2-6H3,(H,24,27). The summed E-state index contributed by atoms with van der Waals surface area (Å²) >= 11 is 0. The number of rotatable bonds is 3. The van der Waals surface area contributed by atoms with Gasteiger partial charge in [-0.1, -0.05) is 30.4 Å². The molecule has 1 aliphatic heterocycles. The molecule has 0 bridgehead atoms. The lowest BCUT2D eigenvalue weighted by molar-refractivity contribution is -0.196. The van der Waals surface area contributed by atoms with Crippen molar-refractivity contribution >= 4 is 11.6 Å². The van der Waals surface area contributed by atoms with Crippen LogP contribution in [-0.4, -0.2) is 54.2 Å². The van der Waals surface area contributed by atoms with Crippen LogP contribution in [0.5, 0.6) is 0 Å². The SMILES string of the molecule is C=C(C)c1cccc(C(C)(C)NC(=O)N2CC(C)N(C)C(C(F)(F)F)C2)c1. The van der Waals surface area contributed by atoms with Crippen LogP contribution in [0.4, 0.5) is 18.0 Å².